The number of hydrogen-bond acceptors (Lipinski definition) is 6. The monoisotopic (exact) mass is 442 g/mol. The third-order valence-electron chi connectivity index (χ3n) is 5.86. The molecule has 2 aliphatic rings. The minimum absolute atomic E-state index is 0.0452. The van der Waals surface area contributed by atoms with Crippen molar-refractivity contribution in [3.63, 3.8) is 0 Å². The van der Waals surface area contributed by atoms with Crippen molar-refractivity contribution in [3.05, 3.63) is 40.4 Å². The number of ether oxygens (including phenoxy) is 1. The smallest absolute Gasteiger partial charge is 0.257 e. The second-order valence-corrected chi connectivity index (χ2v) is 8.87. The van der Waals surface area contributed by atoms with Gasteiger partial charge < -0.3 is 14.5 Å². The number of nitrogens with zero attached hydrogens (tertiary/aromatic N) is 3. The average molecular weight is 443 g/mol. The Morgan fingerprint density at radius 2 is 1.77 bits per heavy atom. The van der Waals surface area contributed by atoms with Gasteiger partial charge >= 0.3 is 0 Å². The number of methoxy groups -OCH3 is 1. The molecule has 2 heterocycles. The molecule has 3 amide bonds. The first-order chi connectivity index (χ1) is 15.0. The fourth-order valence-corrected chi connectivity index (χ4v) is 5.15. The molecule has 9 heteroatoms. The summed E-state index contributed by atoms with van der Waals surface area (Å²) in [4.78, 5) is 46.6. The van der Waals surface area contributed by atoms with Gasteiger partial charge in [-0.05, 0) is 43.5 Å². The lowest BCUT2D eigenvalue weighted by Gasteiger charge is -2.36. The van der Waals surface area contributed by atoms with E-state index in [0.29, 0.717) is 42.6 Å². The quantitative estimate of drug-likeness (QED) is 0.786. The van der Waals surface area contributed by atoms with E-state index in [2.05, 4.69) is 10.3 Å². The van der Waals surface area contributed by atoms with Gasteiger partial charge in [-0.25, -0.2) is 4.98 Å². The number of nitrogens with one attached hydrogen (secondary N) is 1. The second kappa shape index (κ2) is 9.05. The van der Waals surface area contributed by atoms with Crippen molar-refractivity contribution < 1.29 is 19.1 Å². The molecule has 1 fully saturated rings. The van der Waals surface area contributed by atoms with Crippen molar-refractivity contribution in [3.8, 4) is 5.75 Å². The van der Waals surface area contributed by atoms with Gasteiger partial charge in [0.2, 0.25) is 11.8 Å². The summed E-state index contributed by atoms with van der Waals surface area (Å²) in [5.41, 5.74) is 1.31. The van der Waals surface area contributed by atoms with E-state index in [0.717, 1.165) is 29.8 Å². The Hall–Kier alpha value is -2.94. The number of carbonyl (C=O) groups excluding carboxylic acids is 3. The molecule has 1 unspecified atom stereocenters. The van der Waals surface area contributed by atoms with Crippen LogP contribution in [0, 0.1) is 0 Å². The molecule has 0 saturated carbocycles. The Kier molecular flexibility index (Phi) is 6.22. The minimum Gasteiger partial charge on any atom is -0.497 e. The fourth-order valence-electron chi connectivity index (χ4n) is 4.09. The van der Waals surface area contributed by atoms with E-state index in [4.69, 9.17) is 4.74 Å². The molecule has 1 aromatic heterocycles. The number of thiazole rings is 1. The van der Waals surface area contributed by atoms with Crippen LogP contribution in [0.4, 0.5) is 5.13 Å². The zero-order chi connectivity index (χ0) is 22.0. The lowest BCUT2D eigenvalue weighted by molar-refractivity contribution is -0.139. The van der Waals surface area contributed by atoms with Gasteiger partial charge in [-0.2, -0.15) is 0 Å². The number of rotatable bonds is 4. The molecule has 1 N–H and O–H groups in total. The van der Waals surface area contributed by atoms with Crippen LogP contribution in [-0.2, 0) is 16.0 Å². The molecule has 0 spiro atoms. The van der Waals surface area contributed by atoms with E-state index >= 15 is 0 Å². The Bertz CT molecular complexity index is 980. The summed E-state index contributed by atoms with van der Waals surface area (Å²) in [6.45, 7) is 3.80. The molecule has 164 valence electrons. The van der Waals surface area contributed by atoms with Gasteiger partial charge in [-0.3, -0.25) is 19.7 Å². The predicted molar refractivity (Wildman–Crippen MR) is 118 cm³/mol. The van der Waals surface area contributed by atoms with E-state index < -0.39 is 0 Å². The summed E-state index contributed by atoms with van der Waals surface area (Å²) in [5, 5.41) is 3.39. The molecule has 0 bridgehead atoms. The number of fused-ring (bicyclic) bond motifs is 1. The third kappa shape index (κ3) is 4.56. The number of hydrogen-bond donors (Lipinski definition) is 1. The van der Waals surface area contributed by atoms with Crippen LogP contribution >= 0.6 is 11.3 Å². The molecular weight excluding hydrogens is 416 g/mol. The summed E-state index contributed by atoms with van der Waals surface area (Å²) in [5.74, 6) is 0.283. The topological polar surface area (TPSA) is 91.8 Å². The molecule has 0 radical (unpaired) electrons. The van der Waals surface area contributed by atoms with Crippen molar-refractivity contribution in [2.24, 2.45) is 0 Å². The van der Waals surface area contributed by atoms with Crippen LogP contribution in [0.3, 0.4) is 0 Å². The largest absolute Gasteiger partial charge is 0.497 e. The van der Waals surface area contributed by atoms with Crippen molar-refractivity contribution in [1.82, 2.24) is 14.8 Å². The first-order valence-electron chi connectivity index (χ1n) is 10.5. The summed E-state index contributed by atoms with van der Waals surface area (Å²) >= 11 is 1.45. The molecule has 1 aliphatic carbocycles. The predicted octanol–water partition coefficient (Wildman–Crippen LogP) is 2.51. The molecule has 2 aromatic rings. The molecule has 1 aliphatic heterocycles. The van der Waals surface area contributed by atoms with Crippen LogP contribution in [0.25, 0.3) is 0 Å². The van der Waals surface area contributed by atoms with Crippen molar-refractivity contribution in [2.45, 2.75) is 32.1 Å². The van der Waals surface area contributed by atoms with Crippen LogP contribution in [0.5, 0.6) is 5.75 Å². The maximum Gasteiger partial charge on any atom is 0.257 e. The molecule has 4 rings (SSSR count). The molecule has 8 nitrogen and oxygen atoms in total. The highest BCUT2D eigenvalue weighted by Gasteiger charge is 2.34. The summed E-state index contributed by atoms with van der Waals surface area (Å²) < 4.78 is 5.13. The van der Waals surface area contributed by atoms with Crippen LogP contribution in [-0.4, -0.2) is 65.8 Å². The van der Waals surface area contributed by atoms with E-state index in [9.17, 15) is 14.4 Å². The van der Waals surface area contributed by atoms with Gasteiger partial charge in [0, 0.05) is 43.5 Å². The minimum atomic E-state index is -0.282. The van der Waals surface area contributed by atoms with Crippen LogP contribution in [0.2, 0.25) is 0 Å². The zero-order valence-corrected chi connectivity index (χ0v) is 18.5. The Morgan fingerprint density at radius 3 is 2.42 bits per heavy atom. The summed E-state index contributed by atoms with van der Waals surface area (Å²) in [7, 11) is 1.58. The average Bonchev–Trinajstić information content (AvgIpc) is 3.21. The summed E-state index contributed by atoms with van der Waals surface area (Å²) in [6.07, 6.45) is 2.55. The van der Waals surface area contributed by atoms with Crippen LogP contribution < -0.4 is 10.1 Å². The van der Waals surface area contributed by atoms with Gasteiger partial charge in [0.25, 0.3) is 5.91 Å². The van der Waals surface area contributed by atoms with Gasteiger partial charge in [-0.1, -0.05) is 0 Å². The number of benzene rings is 1. The van der Waals surface area contributed by atoms with Gasteiger partial charge in [0.15, 0.2) is 5.13 Å². The number of piperazine rings is 1. The number of aryl methyl sites for hydroxylation is 1. The number of carbonyl (C=O) groups is 3. The highest BCUT2D eigenvalue weighted by atomic mass is 32.1. The zero-order valence-electron chi connectivity index (χ0n) is 17.7. The number of amides is 3. The molecule has 1 atom stereocenters. The molecule has 1 aromatic carbocycles. The Morgan fingerprint density at radius 1 is 1.10 bits per heavy atom. The summed E-state index contributed by atoms with van der Waals surface area (Å²) in [6, 6.07) is 6.88. The highest BCUT2D eigenvalue weighted by molar-refractivity contribution is 7.16. The lowest BCUT2D eigenvalue weighted by atomic mass is 9.89. The number of aromatic nitrogens is 1. The highest BCUT2D eigenvalue weighted by Crippen LogP contribution is 2.38. The van der Waals surface area contributed by atoms with E-state index in [1.54, 1.807) is 43.2 Å². The maximum absolute atomic E-state index is 13.2. The van der Waals surface area contributed by atoms with Crippen LogP contribution in [0.1, 0.15) is 46.6 Å². The van der Waals surface area contributed by atoms with Crippen molar-refractivity contribution in [2.75, 3.05) is 38.6 Å². The van der Waals surface area contributed by atoms with Crippen molar-refractivity contribution >= 4 is 34.2 Å². The first-order valence-corrected chi connectivity index (χ1v) is 11.3. The number of anilines is 1. The van der Waals surface area contributed by atoms with E-state index in [-0.39, 0.29) is 23.6 Å². The lowest BCUT2D eigenvalue weighted by Crippen LogP contribution is -2.51. The van der Waals surface area contributed by atoms with E-state index in [1.165, 1.54) is 11.3 Å². The second-order valence-electron chi connectivity index (χ2n) is 7.79. The normalized spacial score (nSPS) is 18.3. The van der Waals surface area contributed by atoms with E-state index in [1.807, 2.05) is 4.90 Å². The van der Waals surface area contributed by atoms with Crippen molar-refractivity contribution in [1.29, 1.82) is 0 Å². The van der Waals surface area contributed by atoms with Gasteiger partial charge in [0.1, 0.15) is 5.75 Å². The molecule has 31 heavy (non-hydrogen) atoms. The third-order valence-corrected chi connectivity index (χ3v) is 6.91. The van der Waals surface area contributed by atoms with Gasteiger partial charge in [-0.15, -0.1) is 11.3 Å². The van der Waals surface area contributed by atoms with Gasteiger partial charge in [0.05, 0.1) is 18.7 Å². The standard InChI is InChI=1S/C22H26N4O4S/c1-14(27)25-10-12-26(13-11-25)21(29)17-4-3-5-18-19(17)23-22(31-18)24-20(28)15-6-8-16(30-2)9-7-15/h6-9,17H,3-5,10-13H2,1-2H3,(H,23,24,28). The fraction of sp³-hybridized carbons (Fsp3) is 0.455. The first kappa shape index (κ1) is 21.3. The molecular formula is C22H26N4O4S. The molecule has 1 saturated heterocycles. The Balaban J connectivity index is 1.45. The van der Waals surface area contributed by atoms with Crippen LogP contribution in [0.15, 0.2) is 24.3 Å². The Labute approximate surface area is 185 Å². The SMILES string of the molecule is COc1ccc(C(=O)Nc2nc3c(s2)CCCC3C(=O)N2CCN(C(C)=O)CC2)cc1. The maximum atomic E-state index is 13.2.